The van der Waals surface area contributed by atoms with E-state index >= 15 is 0 Å². The number of ether oxygens (including phenoxy) is 1. The molecule has 0 saturated carbocycles. The van der Waals surface area contributed by atoms with Gasteiger partial charge in [-0.25, -0.2) is 9.18 Å². The molecule has 2 saturated heterocycles. The number of likely N-dealkylation sites (tertiary alicyclic amines) is 1. The van der Waals surface area contributed by atoms with Crippen molar-refractivity contribution in [3.05, 3.63) is 24.0 Å². The molecule has 1 aromatic carbocycles. The van der Waals surface area contributed by atoms with Gasteiger partial charge in [0.1, 0.15) is 11.4 Å². The zero-order valence-corrected chi connectivity index (χ0v) is 13.2. The summed E-state index contributed by atoms with van der Waals surface area (Å²) >= 11 is 0. The second-order valence-corrected chi connectivity index (χ2v) is 7.40. The third kappa shape index (κ3) is 2.69. The molecule has 2 N–H and O–H groups in total. The summed E-state index contributed by atoms with van der Waals surface area (Å²) in [6, 6.07) is 4.88. The minimum absolute atomic E-state index is 0.134. The predicted octanol–water partition coefficient (Wildman–Crippen LogP) is 2.47. The minimum atomic E-state index is -0.465. The van der Waals surface area contributed by atoms with Crippen LogP contribution in [0, 0.1) is 11.2 Å². The number of carbonyl (C=O) groups excluding carboxylic acids is 1. The Morgan fingerprint density at radius 2 is 1.91 bits per heavy atom. The Balaban J connectivity index is 1.52. The van der Waals surface area contributed by atoms with Crippen molar-refractivity contribution in [3.63, 3.8) is 0 Å². The van der Waals surface area contributed by atoms with E-state index in [0.717, 1.165) is 18.8 Å². The van der Waals surface area contributed by atoms with E-state index in [1.807, 2.05) is 26.8 Å². The first-order chi connectivity index (χ1) is 10.2. The first-order valence-electron chi connectivity index (χ1n) is 7.45. The lowest BCUT2D eigenvalue weighted by atomic mass is 9.73. The number of hydrogen-bond donors (Lipinski definition) is 1. The second-order valence-electron chi connectivity index (χ2n) is 7.40. The molecule has 3 rings (SSSR count). The van der Waals surface area contributed by atoms with Crippen molar-refractivity contribution < 1.29 is 13.9 Å². The maximum Gasteiger partial charge on any atom is 0.410 e. The van der Waals surface area contributed by atoms with Crippen molar-refractivity contribution in [1.29, 1.82) is 0 Å². The number of anilines is 2. The summed E-state index contributed by atoms with van der Waals surface area (Å²) in [7, 11) is 0. The highest BCUT2D eigenvalue weighted by Gasteiger charge is 2.54. The molecule has 5 nitrogen and oxygen atoms in total. The number of benzene rings is 1. The quantitative estimate of drug-likeness (QED) is 0.810. The molecular formula is C16H22FN3O2. The molecule has 1 aromatic rings. The van der Waals surface area contributed by atoms with Gasteiger partial charge in [0.05, 0.1) is 5.69 Å². The van der Waals surface area contributed by atoms with Crippen LogP contribution in [0.3, 0.4) is 0 Å². The van der Waals surface area contributed by atoms with E-state index in [4.69, 9.17) is 10.5 Å². The third-order valence-electron chi connectivity index (χ3n) is 4.11. The van der Waals surface area contributed by atoms with Crippen LogP contribution in [0.2, 0.25) is 0 Å². The zero-order valence-electron chi connectivity index (χ0n) is 13.2. The van der Waals surface area contributed by atoms with Gasteiger partial charge in [0.15, 0.2) is 0 Å². The molecule has 2 fully saturated rings. The van der Waals surface area contributed by atoms with Gasteiger partial charge < -0.3 is 20.3 Å². The largest absolute Gasteiger partial charge is 0.444 e. The lowest BCUT2D eigenvalue weighted by Gasteiger charge is -2.60. The maximum absolute atomic E-state index is 13.5. The summed E-state index contributed by atoms with van der Waals surface area (Å²) in [5.41, 5.74) is 6.16. The van der Waals surface area contributed by atoms with Gasteiger partial charge in [-0.05, 0) is 39.0 Å². The fourth-order valence-corrected chi connectivity index (χ4v) is 3.08. The van der Waals surface area contributed by atoms with E-state index in [1.165, 1.54) is 6.07 Å². The van der Waals surface area contributed by atoms with E-state index in [2.05, 4.69) is 4.90 Å². The summed E-state index contributed by atoms with van der Waals surface area (Å²) in [4.78, 5) is 15.8. The summed E-state index contributed by atoms with van der Waals surface area (Å²) in [6.45, 7) is 8.65. The first-order valence-corrected chi connectivity index (χ1v) is 7.45. The highest BCUT2D eigenvalue weighted by atomic mass is 19.1. The highest BCUT2D eigenvalue weighted by Crippen LogP contribution is 2.42. The fraction of sp³-hybridized carbons (Fsp3) is 0.562. The van der Waals surface area contributed by atoms with Crippen LogP contribution in [0.4, 0.5) is 20.6 Å². The standard InChI is InChI=1S/C16H22FN3O2/c1-15(2,3)22-14(21)20-9-16(10-20)7-19(8-16)11-4-5-13(18)12(17)6-11/h4-6H,7-10,18H2,1-3H3. The van der Waals surface area contributed by atoms with Crippen LogP contribution < -0.4 is 10.6 Å². The number of hydrogen-bond acceptors (Lipinski definition) is 4. The molecule has 6 heteroatoms. The van der Waals surface area contributed by atoms with Gasteiger partial charge in [-0.3, -0.25) is 0 Å². The molecule has 0 unspecified atom stereocenters. The SMILES string of the molecule is CC(C)(C)OC(=O)N1CC2(C1)CN(c1ccc(N)c(F)c1)C2. The van der Waals surface area contributed by atoms with Gasteiger partial charge in [0.25, 0.3) is 0 Å². The summed E-state index contributed by atoms with van der Waals surface area (Å²) < 4.78 is 18.8. The lowest BCUT2D eigenvalue weighted by Crippen LogP contribution is -2.73. The van der Waals surface area contributed by atoms with E-state index in [9.17, 15) is 9.18 Å². The van der Waals surface area contributed by atoms with Gasteiger partial charge in [-0.2, -0.15) is 0 Å². The Hall–Kier alpha value is -1.98. The average molecular weight is 307 g/mol. The molecule has 1 spiro atoms. The maximum atomic E-state index is 13.5. The first kappa shape index (κ1) is 14.9. The Labute approximate surface area is 129 Å². The van der Waals surface area contributed by atoms with E-state index < -0.39 is 5.60 Å². The topological polar surface area (TPSA) is 58.8 Å². The van der Waals surface area contributed by atoms with Crippen molar-refractivity contribution in [2.45, 2.75) is 26.4 Å². The number of amides is 1. The van der Waals surface area contributed by atoms with Crippen LogP contribution in [0.5, 0.6) is 0 Å². The number of nitrogens with two attached hydrogens (primary N) is 1. The van der Waals surface area contributed by atoms with Gasteiger partial charge in [-0.15, -0.1) is 0 Å². The smallest absolute Gasteiger partial charge is 0.410 e. The fourth-order valence-electron chi connectivity index (χ4n) is 3.08. The normalized spacial score (nSPS) is 19.6. The number of halogens is 1. The highest BCUT2D eigenvalue weighted by molar-refractivity contribution is 5.70. The molecule has 120 valence electrons. The number of carbonyl (C=O) groups is 1. The van der Waals surface area contributed by atoms with Crippen molar-refractivity contribution in [1.82, 2.24) is 4.90 Å². The van der Waals surface area contributed by atoms with E-state index in [-0.39, 0.29) is 23.0 Å². The Morgan fingerprint density at radius 1 is 1.27 bits per heavy atom. The average Bonchev–Trinajstić information content (AvgIpc) is 2.27. The monoisotopic (exact) mass is 307 g/mol. The molecule has 0 aromatic heterocycles. The van der Waals surface area contributed by atoms with E-state index in [1.54, 1.807) is 11.0 Å². The summed E-state index contributed by atoms with van der Waals surface area (Å²) in [5, 5.41) is 0. The van der Waals surface area contributed by atoms with Crippen LogP contribution in [0.25, 0.3) is 0 Å². The Kier molecular flexibility index (Phi) is 3.23. The van der Waals surface area contributed by atoms with Crippen LogP contribution in [-0.2, 0) is 4.74 Å². The second kappa shape index (κ2) is 4.76. The predicted molar refractivity (Wildman–Crippen MR) is 83.3 cm³/mol. The van der Waals surface area contributed by atoms with Crippen LogP contribution in [0.1, 0.15) is 20.8 Å². The molecule has 2 heterocycles. The van der Waals surface area contributed by atoms with Gasteiger partial charge in [-0.1, -0.05) is 0 Å². The summed E-state index contributed by atoms with van der Waals surface area (Å²) in [6.07, 6.45) is -0.255. The van der Waals surface area contributed by atoms with Crippen LogP contribution in [-0.4, -0.2) is 42.8 Å². The van der Waals surface area contributed by atoms with Crippen molar-refractivity contribution in [3.8, 4) is 0 Å². The van der Waals surface area contributed by atoms with Crippen molar-refractivity contribution in [2.24, 2.45) is 5.41 Å². The molecule has 22 heavy (non-hydrogen) atoms. The molecular weight excluding hydrogens is 285 g/mol. The molecule has 0 radical (unpaired) electrons. The van der Waals surface area contributed by atoms with Crippen molar-refractivity contribution in [2.75, 3.05) is 36.8 Å². The van der Waals surface area contributed by atoms with Crippen LogP contribution >= 0.6 is 0 Å². The molecule has 0 atom stereocenters. The molecule has 2 aliphatic heterocycles. The van der Waals surface area contributed by atoms with Crippen molar-refractivity contribution >= 4 is 17.5 Å². The third-order valence-corrected chi connectivity index (χ3v) is 4.11. The number of nitrogens with zero attached hydrogens (tertiary/aromatic N) is 2. The minimum Gasteiger partial charge on any atom is -0.444 e. The zero-order chi connectivity index (χ0) is 16.1. The van der Waals surface area contributed by atoms with Gasteiger partial charge >= 0.3 is 6.09 Å². The Bertz CT molecular complexity index is 598. The van der Waals surface area contributed by atoms with Crippen LogP contribution in [0.15, 0.2) is 18.2 Å². The van der Waals surface area contributed by atoms with Gasteiger partial charge in [0, 0.05) is 37.3 Å². The number of nitrogen functional groups attached to an aromatic ring is 1. The van der Waals surface area contributed by atoms with Gasteiger partial charge in [0.2, 0.25) is 0 Å². The summed E-state index contributed by atoms with van der Waals surface area (Å²) in [5.74, 6) is -0.387. The molecule has 2 aliphatic rings. The Morgan fingerprint density at radius 3 is 2.45 bits per heavy atom. The van der Waals surface area contributed by atoms with E-state index in [0.29, 0.717) is 13.1 Å². The molecule has 0 aliphatic carbocycles. The molecule has 1 amide bonds. The molecule has 0 bridgehead atoms. The number of rotatable bonds is 1. The lowest BCUT2D eigenvalue weighted by molar-refractivity contribution is -0.0453.